The van der Waals surface area contributed by atoms with E-state index in [1.807, 2.05) is 0 Å². The van der Waals surface area contributed by atoms with Crippen molar-refractivity contribution < 1.29 is 9.84 Å². The van der Waals surface area contributed by atoms with Crippen molar-refractivity contribution in [3.8, 4) is 12.3 Å². The molecule has 0 bridgehead atoms. The third kappa shape index (κ3) is 2.96. The quantitative estimate of drug-likeness (QED) is 0.514. The molecule has 0 aromatic heterocycles. The fraction of sp³-hybridized carbons (Fsp3) is 0.714. The summed E-state index contributed by atoms with van der Waals surface area (Å²) in [6, 6.07) is 0. The van der Waals surface area contributed by atoms with Gasteiger partial charge in [-0.3, -0.25) is 0 Å². The average Bonchev–Trinajstić information content (AvgIpc) is 2.03. The van der Waals surface area contributed by atoms with Crippen molar-refractivity contribution in [2.75, 3.05) is 18.1 Å². The summed E-state index contributed by atoms with van der Waals surface area (Å²) in [4.78, 5) is 0. The summed E-state index contributed by atoms with van der Waals surface area (Å²) in [6.07, 6.45) is 4.60. The minimum absolute atomic E-state index is 0.0719. The first-order valence-electron chi connectivity index (χ1n) is 3.32. The van der Waals surface area contributed by atoms with Gasteiger partial charge in [-0.1, -0.05) is 27.5 Å². The molecule has 2 nitrogen and oxygen atoms in total. The lowest BCUT2D eigenvalue weighted by Crippen LogP contribution is -2.35. The van der Waals surface area contributed by atoms with E-state index in [2.05, 4.69) is 5.92 Å². The number of rotatable bonds is 2. The topological polar surface area (TPSA) is 29.5 Å². The van der Waals surface area contributed by atoms with Crippen molar-refractivity contribution in [1.29, 1.82) is 0 Å². The molecule has 1 rings (SSSR count). The van der Waals surface area contributed by atoms with E-state index >= 15 is 0 Å². The predicted octanol–water partition coefficient (Wildman–Crippen LogP) is 0.761. The van der Waals surface area contributed by atoms with Gasteiger partial charge >= 0.3 is 0 Å². The fourth-order valence-electron chi connectivity index (χ4n) is 0.766. The molecular weight excluding hydrogens is 180 g/mol. The Bertz CT molecular complexity index is 155. The Hall–Kier alpha value is 0.180. The van der Waals surface area contributed by atoms with Crippen LogP contribution in [0.3, 0.4) is 0 Å². The number of ether oxygens (including phenoxy) is 1. The maximum Gasteiger partial charge on any atom is 0.108 e. The van der Waals surface area contributed by atoms with Crippen molar-refractivity contribution in [3.05, 3.63) is 0 Å². The molecule has 11 heavy (non-hydrogen) atoms. The summed E-state index contributed by atoms with van der Waals surface area (Å²) in [5.74, 6) is 3.95. The van der Waals surface area contributed by atoms with Crippen LogP contribution in [-0.2, 0) is 4.74 Å². The summed E-state index contributed by atoms with van der Waals surface area (Å²) in [5, 5.41) is 9.37. The minimum atomic E-state index is -0.352. The van der Waals surface area contributed by atoms with Crippen LogP contribution in [0.2, 0.25) is 0 Å². The lowest BCUT2D eigenvalue weighted by atomic mass is 10.2. The molecule has 0 radical (unpaired) electrons. The maximum absolute atomic E-state index is 9.37. The van der Waals surface area contributed by atoms with Crippen molar-refractivity contribution in [2.45, 2.75) is 12.2 Å². The van der Waals surface area contributed by atoms with Crippen LogP contribution in [0.25, 0.3) is 0 Å². The zero-order chi connectivity index (χ0) is 8.10. The van der Waals surface area contributed by atoms with Crippen LogP contribution >= 0.6 is 21.6 Å². The monoisotopic (exact) mass is 190 g/mol. The highest BCUT2D eigenvalue weighted by atomic mass is 33.1. The minimum Gasteiger partial charge on any atom is -0.389 e. The average molecular weight is 190 g/mol. The van der Waals surface area contributed by atoms with Crippen LogP contribution in [0, 0.1) is 12.3 Å². The van der Waals surface area contributed by atoms with Crippen molar-refractivity contribution in [3.63, 3.8) is 0 Å². The Balaban J connectivity index is 2.25. The Morgan fingerprint density at radius 3 is 2.91 bits per heavy atom. The normalized spacial score (nSPS) is 31.3. The zero-order valence-electron chi connectivity index (χ0n) is 6.03. The van der Waals surface area contributed by atoms with Gasteiger partial charge in [-0.2, -0.15) is 0 Å². The smallest absolute Gasteiger partial charge is 0.108 e. The van der Waals surface area contributed by atoms with Crippen LogP contribution in [0.1, 0.15) is 0 Å². The molecule has 62 valence electrons. The molecule has 1 N–H and O–H groups in total. The van der Waals surface area contributed by atoms with E-state index in [1.165, 1.54) is 0 Å². The van der Waals surface area contributed by atoms with E-state index in [0.717, 1.165) is 11.5 Å². The van der Waals surface area contributed by atoms with Crippen molar-refractivity contribution >= 4 is 21.6 Å². The van der Waals surface area contributed by atoms with Crippen molar-refractivity contribution in [1.82, 2.24) is 0 Å². The van der Waals surface area contributed by atoms with Gasteiger partial charge < -0.3 is 9.84 Å². The van der Waals surface area contributed by atoms with Gasteiger partial charge in [0.05, 0.1) is 12.2 Å². The third-order valence-electron chi connectivity index (χ3n) is 1.36. The Labute approximate surface area is 74.5 Å². The predicted molar refractivity (Wildman–Crippen MR) is 49.5 cm³/mol. The second kappa shape index (κ2) is 4.94. The molecule has 1 heterocycles. The highest BCUT2D eigenvalue weighted by molar-refractivity contribution is 8.76. The molecule has 0 aliphatic carbocycles. The molecule has 0 aromatic rings. The van der Waals surface area contributed by atoms with E-state index in [9.17, 15) is 5.11 Å². The lowest BCUT2D eigenvalue weighted by molar-refractivity contribution is 0.000827. The molecule has 2 unspecified atom stereocenters. The summed E-state index contributed by atoms with van der Waals surface area (Å²) < 4.78 is 5.22. The summed E-state index contributed by atoms with van der Waals surface area (Å²) in [7, 11) is 3.40. The molecule has 4 heteroatoms. The first-order valence-corrected chi connectivity index (χ1v) is 5.81. The van der Waals surface area contributed by atoms with Gasteiger partial charge in [0.2, 0.25) is 0 Å². The highest BCUT2D eigenvalue weighted by Crippen LogP contribution is 2.30. The number of aliphatic hydroxyl groups excluding tert-OH is 1. The SMILES string of the molecule is C#CCOC1CSSCC1O. The largest absolute Gasteiger partial charge is 0.389 e. The first-order chi connectivity index (χ1) is 5.34. The Morgan fingerprint density at radius 1 is 1.55 bits per heavy atom. The summed E-state index contributed by atoms with van der Waals surface area (Å²) in [5.41, 5.74) is 0. The number of aliphatic hydroxyl groups is 1. The van der Waals surface area contributed by atoms with E-state index in [4.69, 9.17) is 11.2 Å². The molecule has 0 spiro atoms. The van der Waals surface area contributed by atoms with Crippen LogP contribution in [0.15, 0.2) is 0 Å². The first kappa shape index (κ1) is 9.27. The molecule has 1 saturated heterocycles. The van der Waals surface area contributed by atoms with E-state index in [-0.39, 0.29) is 12.2 Å². The van der Waals surface area contributed by atoms with Crippen LogP contribution in [0.5, 0.6) is 0 Å². The molecule has 0 amide bonds. The van der Waals surface area contributed by atoms with E-state index in [0.29, 0.717) is 6.61 Å². The zero-order valence-corrected chi connectivity index (χ0v) is 7.66. The molecular formula is C7H10O2S2. The van der Waals surface area contributed by atoms with Gasteiger partial charge in [0, 0.05) is 11.5 Å². The van der Waals surface area contributed by atoms with Crippen molar-refractivity contribution in [2.24, 2.45) is 0 Å². The Kier molecular flexibility index (Phi) is 4.16. The van der Waals surface area contributed by atoms with Gasteiger partial charge in [0.25, 0.3) is 0 Å². The molecule has 1 aliphatic heterocycles. The van der Waals surface area contributed by atoms with Gasteiger partial charge in [-0.05, 0) is 0 Å². The number of hydrogen-bond donors (Lipinski definition) is 1. The second-order valence-corrected chi connectivity index (χ2v) is 4.74. The molecule has 1 aliphatic rings. The molecule has 1 fully saturated rings. The third-order valence-corrected chi connectivity index (χ3v) is 3.79. The maximum atomic E-state index is 9.37. The molecule has 2 atom stereocenters. The van der Waals surface area contributed by atoms with Crippen LogP contribution in [0.4, 0.5) is 0 Å². The van der Waals surface area contributed by atoms with Crippen LogP contribution < -0.4 is 0 Å². The van der Waals surface area contributed by atoms with Gasteiger partial charge in [-0.25, -0.2) is 0 Å². The van der Waals surface area contributed by atoms with Gasteiger partial charge in [0.1, 0.15) is 6.61 Å². The summed E-state index contributed by atoms with van der Waals surface area (Å²) >= 11 is 0. The summed E-state index contributed by atoms with van der Waals surface area (Å²) in [6.45, 7) is 0.299. The lowest BCUT2D eigenvalue weighted by Gasteiger charge is -2.25. The number of terminal acetylenes is 1. The highest BCUT2D eigenvalue weighted by Gasteiger charge is 2.24. The van der Waals surface area contributed by atoms with E-state index < -0.39 is 0 Å². The number of hydrogen-bond acceptors (Lipinski definition) is 4. The van der Waals surface area contributed by atoms with Crippen LogP contribution in [-0.4, -0.2) is 35.4 Å². The molecule has 0 aromatic carbocycles. The fourth-order valence-corrected chi connectivity index (χ4v) is 3.16. The Morgan fingerprint density at radius 2 is 2.27 bits per heavy atom. The molecule has 0 saturated carbocycles. The second-order valence-electron chi connectivity index (χ2n) is 2.19. The van der Waals surface area contributed by atoms with E-state index in [1.54, 1.807) is 21.6 Å². The standard InChI is InChI=1S/C7H10O2S2/c1-2-3-9-7-5-11-10-4-6(7)8/h1,6-8H,3-5H2. The van der Waals surface area contributed by atoms with Gasteiger partial charge in [-0.15, -0.1) is 6.42 Å². The van der Waals surface area contributed by atoms with Gasteiger partial charge in [0.15, 0.2) is 0 Å².